The van der Waals surface area contributed by atoms with Crippen molar-refractivity contribution in [3.05, 3.63) is 18.2 Å². The maximum absolute atomic E-state index is 13.0. The molecule has 13 heteroatoms. The largest absolute Gasteiger partial charge is 0.433 e. The Morgan fingerprint density at radius 2 is 2.06 bits per heavy atom. The maximum atomic E-state index is 13.0. The van der Waals surface area contributed by atoms with Crippen molar-refractivity contribution in [3.8, 4) is 5.75 Å². The molecule has 1 aliphatic heterocycles. The quantitative estimate of drug-likeness (QED) is 0.499. The van der Waals surface area contributed by atoms with E-state index in [-0.39, 0.29) is 55.9 Å². The van der Waals surface area contributed by atoms with Gasteiger partial charge in [-0.3, -0.25) is 14.5 Å². The fourth-order valence-electron chi connectivity index (χ4n) is 3.59. The molecule has 1 saturated heterocycles. The van der Waals surface area contributed by atoms with Gasteiger partial charge < -0.3 is 25.4 Å². The zero-order valence-corrected chi connectivity index (χ0v) is 17.6. The van der Waals surface area contributed by atoms with E-state index in [1.165, 1.54) is 17.0 Å². The van der Waals surface area contributed by atoms with Crippen LogP contribution in [0.4, 0.5) is 33.3 Å². The highest BCUT2D eigenvalue weighted by atomic mass is 19.4. The molecule has 0 unspecified atom stereocenters. The smallest absolute Gasteiger partial charge is 0.401 e. The predicted octanol–water partition coefficient (Wildman–Crippen LogP) is 2.19. The predicted molar refractivity (Wildman–Crippen MR) is 108 cm³/mol. The number of hydrogen-bond donors (Lipinski definition) is 2. The van der Waals surface area contributed by atoms with Crippen LogP contribution in [0.25, 0.3) is 0 Å². The first-order valence-electron chi connectivity index (χ1n) is 10.4. The van der Waals surface area contributed by atoms with Gasteiger partial charge in [0.15, 0.2) is 5.75 Å². The molecule has 33 heavy (non-hydrogen) atoms. The molecule has 184 valence electrons. The van der Waals surface area contributed by atoms with E-state index in [2.05, 4.69) is 10.1 Å². The van der Waals surface area contributed by atoms with E-state index in [0.29, 0.717) is 0 Å². The molecule has 0 bridgehead atoms. The van der Waals surface area contributed by atoms with Gasteiger partial charge in [-0.25, -0.2) is 0 Å². The third-order valence-corrected chi connectivity index (χ3v) is 5.26. The van der Waals surface area contributed by atoms with Gasteiger partial charge in [-0.05, 0) is 30.9 Å². The number of carbonyl (C=O) groups is 2. The number of nitrogens with one attached hydrogen (secondary N) is 1. The minimum absolute atomic E-state index is 0.0111. The first-order chi connectivity index (χ1) is 15.6. The number of ether oxygens (including phenoxy) is 2. The van der Waals surface area contributed by atoms with Crippen LogP contribution in [0.5, 0.6) is 5.75 Å². The van der Waals surface area contributed by atoms with E-state index in [4.69, 9.17) is 10.5 Å². The van der Waals surface area contributed by atoms with Crippen LogP contribution < -0.4 is 20.7 Å². The summed E-state index contributed by atoms with van der Waals surface area (Å²) in [7, 11) is 0. The van der Waals surface area contributed by atoms with Crippen molar-refractivity contribution in [2.24, 2.45) is 11.7 Å². The van der Waals surface area contributed by atoms with Gasteiger partial charge in [-0.1, -0.05) is 0 Å². The number of morpholine rings is 1. The highest BCUT2D eigenvalue weighted by Gasteiger charge is 2.38. The number of carbonyl (C=O) groups excluding carboxylic acids is 2. The summed E-state index contributed by atoms with van der Waals surface area (Å²) in [4.78, 5) is 27.1. The average Bonchev–Trinajstić information content (AvgIpc) is 3.52. The molecule has 2 aliphatic rings. The number of nitrogens with two attached hydrogens (primary N) is 1. The Balaban J connectivity index is 1.79. The lowest BCUT2D eigenvalue weighted by molar-refractivity contribution is -0.154. The van der Waals surface area contributed by atoms with E-state index in [1.807, 2.05) is 0 Å². The Labute approximate surface area is 186 Å². The molecule has 3 rings (SSSR count). The van der Waals surface area contributed by atoms with Crippen LogP contribution in [0, 0.1) is 5.92 Å². The van der Waals surface area contributed by atoms with E-state index >= 15 is 0 Å². The van der Waals surface area contributed by atoms with Gasteiger partial charge in [0.25, 0.3) is 5.91 Å². The number of halogens is 5. The van der Waals surface area contributed by atoms with Crippen LogP contribution in [0.1, 0.15) is 12.8 Å². The van der Waals surface area contributed by atoms with Crippen molar-refractivity contribution >= 4 is 23.2 Å². The van der Waals surface area contributed by atoms with E-state index in [9.17, 15) is 31.5 Å². The van der Waals surface area contributed by atoms with Gasteiger partial charge in [-0.2, -0.15) is 22.0 Å². The molecule has 2 amide bonds. The maximum Gasteiger partial charge on any atom is 0.401 e. The van der Waals surface area contributed by atoms with E-state index < -0.39 is 37.2 Å². The van der Waals surface area contributed by atoms with Crippen molar-refractivity contribution in [1.82, 2.24) is 4.90 Å². The van der Waals surface area contributed by atoms with Crippen LogP contribution in [-0.4, -0.2) is 74.9 Å². The van der Waals surface area contributed by atoms with Crippen molar-refractivity contribution in [3.63, 3.8) is 0 Å². The minimum Gasteiger partial charge on any atom is -0.433 e. The number of benzene rings is 1. The van der Waals surface area contributed by atoms with Gasteiger partial charge >= 0.3 is 12.8 Å². The number of anilines is 2. The molecule has 1 atom stereocenters. The highest BCUT2D eigenvalue weighted by Crippen LogP contribution is 2.34. The molecule has 0 radical (unpaired) electrons. The summed E-state index contributed by atoms with van der Waals surface area (Å²) < 4.78 is 74.6. The highest BCUT2D eigenvalue weighted by molar-refractivity contribution is 5.98. The summed E-state index contributed by atoms with van der Waals surface area (Å²) in [5, 5.41) is 2.43. The Bertz CT molecular complexity index is 850. The first-order valence-corrected chi connectivity index (χ1v) is 10.4. The third-order valence-electron chi connectivity index (χ3n) is 5.26. The lowest BCUT2D eigenvalue weighted by Crippen LogP contribution is -2.52. The fraction of sp³-hybridized carbons (Fsp3) is 0.600. The number of nitrogens with zero attached hydrogens (tertiary/aromatic N) is 2. The second-order valence-corrected chi connectivity index (χ2v) is 7.89. The minimum atomic E-state index is -4.52. The van der Waals surface area contributed by atoms with Gasteiger partial charge in [0, 0.05) is 31.4 Å². The van der Waals surface area contributed by atoms with Crippen LogP contribution in [0.2, 0.25) is 0 Å². The zero-order valence-electron chi connectivity index (χ0n) is 17.6. The van der Waals surface area contributed by atoms with Gasteiger partial charge in [-0.15, -0.1) is 0 Å². The Morgan fingerprint density at radius 1 is 1.33 bits per heavy atom. The summed E-state index contributed by atoms with van der Waals surface area (Å²) >= 11 is 0. The van der Waals surface area contributed by atoms with Crippen molar-refractivity contribution < 1.29 is 41.0 Å². The number of hydrogen-bond acceptors (Lipinski definition) is 6. The number of rotatable bonds is 10. The Hall–Kier alpha value is -2.51. The Morgan fingerprint density at radius 3 is 2.64 bits per heavy atom. The summed E-state index contributed by atoms with van der Waals surface area (Å²) in [5.74, 6) is -1.55. The number of alkyl halides is 5. The normalized spacial score (nSPS) is 18.1. The van der Waals surface area contributed by atoms with Crippen LogP contribution in [0.15, 0.2) is 18.2 Å². The van der Waals surface area contributed by atoms with Crippen LogP contribution >= 0.6 is 0 Å². The molecule has 1 aliphatic carbocycles. The molecule has 3 N–H and O–H groups in total. The average molecular weight is 480 g/mol. The zero-order chi connectivity index (χ0) is 24.2. The molecular weight excluding hydrogens is 455 g/mol. The second-order valence-electron chi connectivity index (χ2n) is 7.89. The van der Waals surface area contributed by atoms with Gasteiger partial charge in [0.05, 0.1) is 18.8 Å². The molecule has 1 saturated carbocycles. The van der Waals surface area contributed by atoms with Gasteiger partial charge in [0.1, 0.15) is 12.6 Å². The molecule has 2 fully saturated rings. The lowest BCUT2D eigenvalue weighted by Gasteiger charge is -2.31. The number of amides is 2. The van der Waals surface area contributed by atoms with Crippen molar-refractivity contribution in [1.29, 1.82) is 0 Å². The molecule has 8 nitrogen and oxygen atoms in total. The summed E-state index contributed by atoms with van der Waals surface area (Å²) in [5.41, 5.74) is 5.70. The third kappa shape index (κ3) is 7.24. The SMILES string of the molecule is NC[C@@H](C(=O)Nc1ccc(N2CCOCC2=O)c(OC(F)F)c1)N(CC1CC1)CC(F)(F)F. The fourth-order valence-corrected chi connectivity index (χ4v) is 3.59. The van der Waals surface area contributed by atoms with Crippen LogP contribution in [-0.2, 0) is 14.3 Å². The molecule has 0 spiro atoms. The standard InChI is InChI=1S/C20H25F5N4O4/c21-19(22)33-16-7-13(3-4-14(16)29-5-6-32-10-17(29)30)27-18(31)15(8-26)28(9-12-1-2-12)11-20(23,24)25/h3-4,7,12,15,19H,1-2,5-6,8-11,26H2,(H,27,31)/t15-/m0/s1. The molecular formula is C20H25F5N4O4. The van der Waals surface area contributed by atoms with Crippen molar-refractivity contribution in [2.45, 2.75) is 31.7 Å². The van der Waals surface area contributed by atoms with E-state index in [1.54, 1.807) is 0 Å². The lowest BCUT2D eigenvalue weighted by atomic mass is 10.1. The van der Waals surface area contributed by atoms with E-state index in [0.717, 1.165) is 23.8 Å². The summed E-state index contributed by atoms with van der Waals surface area (Å²) in [6, 6.07) is 2.47. The molecule has 1 aromatic rings. The molecule has 0 aromatic heterocycles. The monoisotopic (exact) mass is 480 g/mol. The first kappa shape index (κ1) is 25.1. The summed E-state index contributed by atoms with van der Waals surface area (Å²) in [6.07, 6.45) is -2.96. The molecule has 1 aromatic carbocycles. The topological polar surface area (TPSA) is 97.1 Å². The Kier molecular flexibility index (Phi) is 8.08. The van der Waals surface area contributed by atoms with Gasteiger partial charge in [0.2, 0.25) is 5.91 Å². The van der Waals surface area contributed by atoms with Crippen LogP contribution in [0.3, 0.4) is 0 Å². The second kappa shape index (κ2) is 10.6. The van der Waals surface area contributed by atoms with Crippen molar-refractivity contribution in [2.75, 3.05) is 49.6 Å². The molecule has 1 heterocycles. The summed E-state index contributed by atoms with van der Waals surface area (Å²) in [6.45, 7) is -4.69.